The van der Waals surface area contributed by atoms with Crippen molar-refractivity contribution in [1.29, 1.82) is 0 Å². The molecule has 4 aromatic rings. The van der Waals surface area contributed by atoms with Gasteiger partial charge in [0.15, 0.2) is 0 Å². The van der Waals surface area contributed by atoms with Gasteiger partial charge in [-0.2, -0.15) is 0 Å². The molecule has 0 fully saturated rings. The Kier molecular flexibility index (Phi) is 11.5. The number of hydrogen-bond donors (Lipinski definition) is 4. The lowest BCUT2D eigenvalue weighted by Crippen LogP contribution is -2.54. The number of rotatable bonds is 15. The molecule has 0 saturated carbocycles. The van der Waals surface area contributed by atoms with E-state index in [9.17, 15) is 14.4 Å². The minimum absolute atomic E-state index is 0.0975. The third-order valence-electron chi connectivity index (χ3n) is 7.97. The monoisotopic (exact) mass is 620 g/mol. The van der Waals surface area contributed by atoms with Crippen LogP contribution in [0.2, 0.25) is 0 Å². The number of anilines is 1. The molecule has 1 aliphatic carbocycles. The molecule has 9 nitrogen and oxygen atoms in total. The lowest BCUT2D eigenvalue weighted by molar-refractivity contribution is -0.129. The molecule has 0 unspecified atom stereocenters. The molecular formula is C37H40N4O5. The van der Waals surface area contributed by atoms with Crippen LogP contribution in [0.4, 0.5) is 10.5 Å². The third-order valence-corrected chi connectivity index (χ3v) is 7.97. The van der Waals surface area contributed by atoms with Crippen LogP contribution in [0.15, 0.2) is 109 Å². The van der Waals surface area contributed by atoms with Crippen molar-refractivity contribution in [2.75, 3.05) is 25.1 Å². The quantitative estimate of drug-likeness (QED) is 0.132. The Morgan fingerprint density at radius 3 is 1.96 bits per heavy atom. The van der Waals surface area contributed by atoms with Gasteiger partial charge in [0.25, 0.3) is 0 Å². The lowest BCUT2D eigenvalue weighted by Gasteiger charge is -2.23. The van der Waals surface area contributed by atoms with Gasteiger partial charge in [0, 0.05) is 11.6 Å². The smallest absolute Gasteiger partial charge is 0.407 e. The summed E-state index contributed by atoms with van der Waals surface area (Å²) in [6.45, 7) is 0.687. The third kappa shape index (κ3) is 8.59. The van der Waals surface area contributed by atoms with Crippen molar-refractivity contribution < 1.29 is 23.9 Å². The average Bonchev–Trinajstić information content (AvgIpc) is 3.41. The molecule has 4 aromatic carbocycles. The number of nitrogens with two attached hydrogens (primary N) is 1. The topological polar surface area (TPSA) is 132 Å². The molecular weight excluding hydrogens is 580 g/mol. The second-order valence-electron chi connectivity index (χ2n) is 11.2. The first kappa shape index (κ1) is 32.4. The summed E-state index contributed by atoms with van der Waals surface area (Å²) < 4.78 is 11.6. The first-order valence-corrected chi connectivity index (χ1v) is 15.6. The molecule has 238 valence electrons. The van der Waals surface area contributed by atoms with E-state index < -0.39 is 24.1 Å². The van der Waals surface area contributed by atoms with E-state index in [0.29, 0.717) is 31.5 Å². The molecule has 9 heteroatoms. The SMILES string of the molecule is NCCCC[C@H](NC(=O)[C@H](COCc1ccccc1)NC(=O)OCC1c2ccccc2-c2ccccc21)C(=O)Nc1ccccc1. The van der Waals surface area contributed by atoms with Crippen molar-refractivity contribution >= 4 is 23.6 Å². The van der Waals surface area contributed by atoms with Gasteiger partial charge in [0.05, 0.1) is 13.2 Å². The highest BCUT2D eigenvalue weighted by atomic mass is 16.5. The van der Waals surface area contributed by atoms with E-state index in [1.807, 2.05) is 84.9 Å². The highest BCUT2D eigenvalue weighted by molar-refractivity contribution is 5.98. The van der Waals surface area contributed by atoms with Crippen LogP contribution >= 0.6 is 0 Å². The largest absolute Gasteiger partial charge is 0.449 e. The van der Waals surface area contributed by atoms with E-state index in [0.717, 1.165) is 27.8 Å². The summed E-state index contributed by atoms with van der Waals surface area (Å²) in [6, 6.07) is 32.7. The zero-order chi connectivity index (χ0) is 32.1. The molecule has 0 heterocycles. The number of unbranched alkanes of at least 4 members (excludes halogenated alkanes) is 1. The molecule has 1 aliphatic rings. The fraction of sp³-hybridized carbons (Fsp3) is 0.270. The first-order chi connectivity index (χ1) is 22.5. The molecule has 0 radical (unpaired) electrons. The maximum absolute atomic E-state index is 13.6. The summed E-state index contributed by atoms with van der Waals surface area (Å²) >= 11 is 0. The molecule has 5 N–H and O–H groups in total. The fourth-order valence-corrected chi connectivity index (χ4v) is 5.62. The van der Waals surface area contributed by atoms with Crippen LogP contribution in [0.25, 0.3) is 11.1 Å². The van der Waals surface area contributed by atoms with Gasteiger partial charge in [0.1, 0.15) is 18.7 Å². The van der Waals surface area contributed by atoms with Crippen LogP contribution in [-0.2, 0) is 25.7 Å². The maximum Gasteiger partial charge on any atom is 0.407 e. The molecule has 3 amide bonds. The zero-order valence-corrected chi connectivity index (χ0v) is 25.7. The number of para-hydroxylation sites is 1. The fourth-order valence-electron chi connectivity index (χ4n) is 5.62. The number of amides is 3. The second kappa shape index (κ2) is 16.4. The van der Waals surface area contributed by atoms with Gasteiger partial charge in [-0.05, 0) is 65.8 Å². The first-order valence-electron chi connectivity index (χ1n) is 15.6. The van der Waals surface area contributed by atoms with Gasteiger partial charge < -0.3 is 31.2 Å². The highest BCUT2D eigenvalue weighted by Crippen LogP contribution is 2.44. The average molecular weight is 621 g/mol. The van der Waals surface area contributed by atoms with Crippen molar-refractivity contribution in [2.24, 2.45) is 5.73 Å². The van der Waals surface area contributed by atoms with E-state index in [2.05, 4.69) is 28.1 Å². The van der Waals surface area contributed by atoms with E-state index in [1.54, 1.807) is 12.1 Å². The lowest BCUT2D eigenvalue weighted by atomic mass is 9.98. The van der Waals surface area contributed by atoms with Gasteiger partial charge in [-0.1, -0.05) is 97.1 Å². The van der Waals surface area contributed by atoms with Crippen molar-refractivity contribution in [2.45, 2.75) is 43.9 Å². The maximum atomic E-state index is 13.6. The standard InChI is InChI=1S/C37H40N4O5/c38-22-12-11-21-33(35(42)39-27-15-5-2-6-16-27)40-36(43)34(25-45-23-26-13-3-1-4-14-26)41-37(44)46-24-32-30-19-9-7-17-28(30)29-18-8-10-20-31(29)32/h1-10,13-20,32-34H,11-12,21-25,38H2,(H,39,42)(H,40,43)(H,41,44)/t33-,34-/m0/s1. The van der Waals surface area contributed by atoms with Gasteiger partial charge >= 0.3 is 6.09 Å². The molecule has 2 atom stereocenters. The Bertz CT molecular complexity index is 1550. The Morgan fingerprint density at radius 1 is 0.696 bits per heavy atom. The number of carbonyl (C=O) groups is 3. The van der Waals surface area contributed by atoms with Gasteiger partial charge in [-0.15, -0.1) is 0 Å². The van der Waals surface area contributed by atoms with Crippen LogP contribution in [0.3, 0.4) is 0 Å². The Hall–Kier alpha value is -4.99. The van der Waals surface area contributed by atoms with Gasteiger partial charge in [0.2, 0.25) is 11.8 Å². The molecule has 0 aliphatic heterocycles. The number of carbonyl (C=O) groups excluding carboxylic acids is 3. The summed E-state index contributed by atoms with van der Waals surface area (Å²) in [4.78, 5) is 40.1. The summed E-state index contributed by atoms with van der Waals surface area (Å²) in [5.41, 5.74) is 11.6. The predicted octanol–water partition coefficient (Wildman–Crippen LogP) is 5.36. The number of nitrogens with one attached hydrogen (secondary N) is 3. The Morgan fingerprint density at radius 2 is 1.30 bits per heavy atom. The summed E-state index contributed by atoms with van der Waals surface area (Å²) in [7, 11) is 0. The zero-order valence-electron chi connectivity index (χ0n) is 25.7. The number of ether oxygens (including phenoxy) is 2. The van der Waals surface area contributed by atoms with Crippen LogP contribution in [-0.4, -0.2) is 49.7 Å². The van der Waals surface area contributed by atoms with Crippen LogP contribution in [0.5, 0.6) is 0 Å². The molecule has 0 bridgehead atoms. The Labute approximate surface area is 269 Å². The predicted molar refractivity (Wildman–Crippen MR) is 178 cm³/mol. The second-order valence-corrected chi connectivity index (χ2v) is 11.2. The summed E-state index contributed by atoms with van der Waals surface area (Å²) in [5, 5.41) is 8.38. The molecule has 0 aromatic heterocycles. The van der Waals surface area contributed by atoms with Crippen LogP contribution in [0, 0.1) is 0 Å². The molecule has 5 rings (SSSR count). The number of hydrogen-bond acceptors (Lipinski definition) is 6. The normalized spacial score (nSPS) is 13.2. The molecule has 0 spiro atoms. The molecule has 46 heavy (non-hydrogen) atoms. The van der Waals surface area contributed by atoms with E-state index in [-0.39, 0.29) is 31.6 Å². The van der Waals surface area contributed by atoms with E-state index in [1.165, 1.54) is 0 Å². The summed E-state index contributed by atoms with van der Waals surface area (Å²) in [6.07, 6.45) is 0.966. The minimum atomic E-state index is -1.11. The van der Waals surface area contributed by atoms with Crippen molar-refractivity contribution in [3.05, 3.63) is 126 Å². The number of alkyl carbamates (subject to hydrolysis) is 1. The van der Waals surface area contributed by atoms with Gasteiger partial charge in [-0.25, -0.2) is 4.79 Å². The van der Waals surface area contributed by atoms with E-state index in [4.69, 9.17) is 15.2 Å². The van der Waals surface area contributed by atoms with Crippen molar-refractivity contribution in [1.82, 2.24) is 10.6 Å². The Balaban J connectivity index is 1.26. The van der Waals surface area contributed by atoms with Crippen molar-refractivity contribution in [3.8, 4) is 11.1 Å². The molecule has 0 saturated heterocycles. The van der Waals surface area contributed by atoms with Crippen molar-refractivity contribution in [3.63, 3.8) is 0 Å². The highest BCUT2D eigenvalue weighted by Gasteiger charge is 2.31. The number of fused-ring (bicyclic) bond motifs is 3. The van der Waals surface area contributed by atoms with E-state index >= 15 is 0 Å². The van der Waals surface area contributed by atoms with Crippen LogP contribution in [0.1, 0.15) is 41.9 Å². The summed E-state index contributed by atoms with van der Waals surface area (Å²) in [5.74, 6) is -1.04. The minimum Gasteiger partial charge on any atom is -0.449 e. The van der Waals surface area contributed by atoms with Crippen LogP contribution < -0.4 is 21.7 Å². The number of benzene rings is 4. The van der Waals surface area contributed by atoms with Gasteiger partial charge in [-0.3, -0.25) is 9.59 Å².